The summed E-state index contributed by atoms with van der Waals surface area (Å²) >= 11 is 1.45. The van der Waals surface area contributed by atoms with Crippen molar-refractivity contribution in [2.45, 2.75) is 44.9 Å². The molecule has 0 bridgehead atoms. The Bertz CT molecular complexity index is 495. The van der Waals surface area contributed by atoms with E-state index in [4.69, 9.17) is 4.74 Å². The van der Waals surface area contributed by atoms with Gasteiger partial charge in [0.25, 0.3) is 0 Å². The SMILES string of the molecule is CCNCc1sc(CS(=O)(=O)C(C)C)nc1COC. The van der Waals surface area contributed by atoms with Crippen molar-refractivity contribution >= 4 is 21.2 Å². The van der Waals surface area contributed by atoms with Gasteiger partial charge in [0.15, 0.2) is 9.84 Å². The highest BCUT2D eigenvalue weighted by molar-refractivity contribution is 7.91. The maximum Gasteiger partial charge on any atom is 0.159 e. The van der Waals surface area contributed by atoms with Gasteiger partial charge in [-0.1, -0.05) is 6.92 Å². The number of methoxy groups -OCH3 is 1. The molecule has 0 aromatic carbocycles. The number of sulfone groups is 1. The number of nitrogens with zero attached hydrogens (tertiary/aromatic N) is 1. The van der Waals surface area contributed by atoms with Crippen molar-refractivity contribution in [1.29, 1.82) is 0 Å². The molecule has 0 spiro atoms. The minimum absolute atomic E-state index is 0.0121. The highest BCUT2D eigenvalue weighted by atomic mass is 32.2. The van der Waals surface area contributed by atoms with Crippen LogP contribution in [-0.4, -0.2) is 32.3 Å². The van der Waals surface area contributed by atoms with Crippen LogP contribution in [0.4, 0.5) is 0 Å². The predicted octanol–water partition coefficient (Wildman–Crippen LogP) is 1.72. The second-order valence-corrected chi connectivity index (χ2v) is 8.27. The van der Waals surface area contributed by atoms with Gasteiger partial charge < -0.3 is 10.1 Å². The standard InChI is InChI=1S/C12H22N2O3S2/c1-5-13-6-11-10(7-17-4)14-12(18-11)8-19(15,16)9(2)3/h9,13H,5-8H2,1-4H3. The topological polar surface area (TPSA) is 68.3 Å². The van der Waals surface area contributed by atoms with E-state index < -0.39 is 9.84 Å². The summed E-state index contributed by atoms with van der Waals surface area (Å²) in [5.74, 6) is 0.0121. The number of hydrogen-bond acceptors (Lipinski definition) is 6. The fourth-order valence-electron chi connectivity index (χ4n) is 1.46. The normalized spacial score (nSPS) is 12.3. The van der Waals surface area contributed by atoms with Crippen LogP contribution in [0.5, 0.6) is 0 Å². The molecule has 0 amide bonds. The van der Waals surface area contributed by atoms with Gasteiger partial charge >= 0.3 is 0 Å². The molecule has 0 aliphatic rings. The zero-order chi connectivity index (χ0) is 14.5. The Hall–Kier alpha value is -0.500. The fourth-order valence-corrected chi connectivity index (χ4v) is 3.77. The van der Waals surface area contributed by atoms with Crippen LogP contribution in [-0.2, 0) is 33.5 Å². The molecule has 1 aromatic rings. The third-order valence-corrected chi connectivity index (χ3v) is 6.07. The van der Waals surface area contributed by atoms with Gasteiger partial charge in [-0.25, -0.2) is 13.4 Å². The molecule has 0 aliphatic heterocycles. The summed E-state index contributed by atoms with van der Waals surface area (Å²) in [6.45, 7) is 7.40. The van der Waals surface area contributed by atoms with E-state index in [2.05, 4.69) is 10.3 Å². The summed E-state index contributed by atoms with van der Waals surface area (Å²) in [4.78, 5) is 5.45. The van der Waals surface area contributed by atoms with Crippen molar-refractivity contribution in [1.82, 2.24) is 10.3 Å². The quantitative estimate of drug-likeness (QED) is 0.792. The lowest BCUT2D eigenvalue weighted by Crippen LogP contribution is -2.15. The molecule has 1 heterocycles. The van der Waals surface area contributed by atoms with Gasteiger partial charge in [0, 0.05) is 18.5 Å². The number of hydrogen-bond donors (Lipinski definition) is 1. The molecule has 1 N–H and O–H groups in total. The molecule has 5 nitrogen and oxygen atoms in total. The minimum atomic E-state index is -3.10. The summed E-state index contributed by atoms with van der Waals surface area (Å²) in [5.41, 5.74) is 0.836. The monoisotopic (exact) mass is 306 g/mol. The maximum absolute atomic E-state index is 11.9. The van der Waals surface area contributed by atoms with E-state index in [0.717, 1.165) is 17.1 Å². The van der Waals surface area contributed by atoms with Gasteiger partial charge in [0.05, 0.1) is 17.6 Å². The fraction of sp³-hybridized carbons (Fsp3) is 0.750. The van der Waals surface area contributed by atoms with Crippen molar-refractivity contribution in [2.24, 2.45) is 0 Å². The van der Waals surface area contributed by atoms with Crippen LogP contribution in [0, 0.1) is 0 Å². The Kier molecular flexibility index (Phi) is 6.38. The molecule has 7 heteroatoms. The van der Waals surface area contributed by atoms with Gasteiger partial charge in [0.1, 0.15) is 10.8 Å². The number of thiazole rings is 1. The lowest BCUT2D eigenvalue weighted by molar-refractivity contribution is 0.181. The molecule has 0 unspecified atom stereocenters. The maximum atomic E-state index is 11.9. The summed E-state index contributed by atoms with van der Waals surface area (Å²) in [6.07, 6.45) is 0. The van der Waals surface area contributed by atoms with Crippen LogP contribution in [0.15, 0.2) is 0 Å². The van der Waals surface area contributed by atoms with Crippen molar-refractivity contribution in [2.75, 3.05) is 13.7 Å². The number of rotatable bonds is 8. The van der Waals surface area contributed by atoms with Crippen LogP contribution in [0.1, 0.15) is 36.3 Å². The highest BCUT2D eigenvalue weighted by Crippen LogP contribution is 2.22. The van der Waals surface area contributed by atoms with Crippen molar-refractivity contribution in [3.05, 3.63) is 15.6 Å². The van der Waals surface area contributed by atoms with Gasteiger partial charge in [0.2, 0.25) is 0 Å². The van der Waals surface area contributed by atoms with Crippen LogP contribution >= 0.6 is 11.3 Å². The van der Waals surface area contributed by atoms with E-state index in [1.807, 2.05) is 6.92 Å². The van der Waals surface area contributed by atoms with E-state index in [1.165, 1.54) is 11.3 Å². The first-order chi connectivity index (χ1) is 8.90. The van der Waals surface area contributed by atoms with E-state index >= 15 is 0 Å². The molecule has 0 atom stereocenters. The summed E-state index contributed by atoms with van der Waals surface area (Å²) in [7, 11) is -1.49. The number of aromatic nitrogens is 1. The predicted molar refractivity (Wildman–Crippen MR) is 78.0 cm³/mol. The summed E-state index contributed by atoms with van der Waals surface area (Å²) in [5, 5.41) is 3.50. The molecule has 1 rings (SSSR count). The molecule has 19 heavy (non-hydrogen) atoms. The Morgan fingerprint density at radius 2 is 2.11 bits per heavy atom. The van der Waals surface area contributed by atoms with Crippen LogP contribution in [0.2, 0.25) is 0 Å². The molecular formula is C12H22N2O3S2. The van der Waals surface area contributed by atoms with Crippen molar-refractivity contribution < 1.29 is 13.2 Å². The zero-order valence-electron chi connectivity index (χ0n) is 11.9. The average molecular weight is 306 g/mol. The van der Waals surface area contributed by atoms with Gasteiger partial charge in [-0.15, -0.1) is 11.3 Å². The van der Waals surface area contributed by atoms with E-state index in [9.17, 15) is 8.42 Å². The third kappa shape index (κ3) is 4.83. The molecular weight excluding hydrogens is 284 g/mol. The van der Waals surface area contributed by atoms with Crippen molar-refractivity contribution in [3.63, 3.8) is 0 Å². The molecule has 0 radical (unpaired) electrons. The lowest BCUT2D eigenvalue weighted by Gasteiger charge is -2.04. The molecule has 0 saturated heterocycles. The van der Waals surface area contributed by atoms with Gasteiger partial charge in [-0.3, -0.25) is 0 Å². The van der Waals surface area contributed by atoms with Crippen LogP contribution in [0.3, 0.4) is 0 Å². The first kappa shape index (κ1) is 16.6. The average Bonchev–Trinajstić information content (AvgIpc) is 2.68. The molecule has 110 valence electrons. The van der Waals surface area contributed by atoms with E-state index in [-0.39, 0.29) is 11.0 Å². The Morgan fingerprint density at radius 1 is 1.42 bits per heavy atom. The van der Waals surface area contributed by atoms with Crippen molar-refractivity contribution in [3.8, 4) is 0 Å². The Labute approximate surface area is 119 Å². The van der Waals surface area contributed by atoms with Crippen LogP contribution < -0.4 is 5.32 Å². The largest absolute Gasteiger partial charge is 0.378 e. The molecule has 0 saturated carbocycles. The van der Waals surface area contributed by atoms with Gasteiger partial charge in [-0.2, -0.15) is 0 Å². The molecule has 0 aliphatic carbocycles. The summed E-state index contributed by atoms with van der Waals surface area (Å²) < 4.78 is 28.9. The first-order valence-corrected chi connectivity index (χ1v) is 8.82. The molecule has 0 fully saturated rings. The van der Waals surface area contributed by atoms with Crippen LogP contribution in [0.25, 0.3) is 0 Å². The van der Waals surface area contributed by atoms with E-state index in [0.29, 0.717) is 18.2 Å². The Balaban J connectivity index is 2.91. The zero-order valence-corrected chi connectivity index (χ0v) is 13.5. The van der Waals surface area contributed by atoms with Gasteiger partial charge in [-0.05, 0) is 20.4 Å². The summed E-state index contributed by atoms with van der Waals surface area (Å²) in [6, 6.07) is 0. The number of nitrogens with one attached hydrogen (secondary N) is 1. The second-order valence-electron chi connectivity index (χ2n) is 4.55. The smallest absolute Gasteiger partial charge is 0.159 e. The first-order valence-electron chi connectivity index (χ1n) is 6.29. The second kappa shape index (κ2) is 7.33. The highest BCUT2D eigenvalue weighted by Gasteiger charge is 2.20. The van der Waals surface area contributed by atoms with E-state index in [1.54, 1.807) is 21.0 Å². The minimum Gasteiger partial charge on any atom is -0.378 e. The number of ether oxygens (including phenoxy) is 1. The lowest BCUT2D eigenvalue weighted by atomic mass is 10.3. The third-order valence-electron chi connectivity index (χ3n) is 2.68. The Morgan fingerprint density at radius 3 is 2.63 bits per heavy atom. The molecule has 1 aromatic heterocycles.